The van der Waals surface area contributed by atoms with Gasteiger partial charge in [-0.15, -0.1) is 0 Å². The highest BCUT2D eigenvalue weighted by Gasteiger charge is 2.13. The van der Waals surface area contributed by atoms with E-state index in [1.165, 1.54) is 12.1 Å². The second kappa shape index (κ2) is 11.0. The Morgan fingerprint density at radius 3 is 2.28 bits per heavy atom. The lowest BCUT2D eigenvalue weighted by Gasteiger charge is -2.15. The molecule has 0 unspecified atom stereocenters. The van der Waals surface area contributed by atoms with Crippen molar-refractivity contribution in [2.75, 3.05) is 34.9 Å². The van der Waals surface area contributed by atoms with Crippen LogP contribution in [-0.4, -0.2) is 50.7 Å². The maximum Gasteiger partial charge on any atom is 0.203 e. The summed E-state index contributed by atoms with van der Waals surface area (Å²) in [6.07, 6.45) is 2.57. The first-order valence-corrected chi connectivity index (χ1v) is 10.1. The smallest absolute Gasteiger partial charge is 0.203 e. The molecule has 8 nitrogen and oxygen atoms in total. The Morgan fingerprint density at radius 2 is 1.69 bits per heavy atom. The van der Waals surface area contributed by atoms with E-state index in [0.29, 0.717) is 42.7 Å². The van der Waals surface area contributed by atoms with Gasteiger partial charge in [0, 0.05) is 32.8 Å². The Bertz CT molecular complexity index is 1030. The lowest BCUT2D eigenvalue weighted by atomic mass is 10.2. The van der Waals surface area contributed by atoms with Gasteiger partial charge >= 0.3 is 0 Å². The minimum atomic E-state index is -0.268. The van der Waals surface area contributed by atoms with Crippen molar-refractivity contribution in [3.63, 3.8) is 0 Å². The topological polar surface area (TPSA) is 81.9 Å². The fraction of sp³-hybridized carbons (Fsp3) is 0.304. The number of guanidine groups is 1. The van der Waals surface area contributed by atoms with Crippen LogP contribution in [0.15, 0.2) is 53.7 Å². The molecule has 3 aromatic rings. The number of hydrogen-bond donors (Lipinski definition) is 2. The number of benzene rings is 2. The molecule has 0 saturated carbocycles. The number of methoxy groups -OCH3 is 3. The third-order valence-electron chi connectivity index (χ3n) is 4.82. The maximum atomic E-state index is 13.1. The van der Waals surface area contributed by atoms with Crippen molar-refractivity contribution in [3.8, 4) is 22.9 Å². The SMILES string of the molecule is CN=C(NCCc1ccn(-c2ccc(F)cc2)n1)NCc1cc(OC)c(OC)c(OC)c1. The molecule has 1 aromatic heterocycles. The fourth-order valence-electron chi connectivity index (χ4n) is 3.19. The van der Waals surface area contributed by atoms with Gasteiger partial charge in [0.2, 0.25) is 5.75 Å². The van der Waals surface area contributed by atoms with Gasteiger partial charge in [-0.05, 0) is 48.0 Å². The summed E-state index contributed by atoms with van der Waals surface area (Å²) in [5.41, 5.74) is 2.69. The predicted molar refractivity (Wildman–Crippen MR) is 122 cm³/mol. The van der Waals surface area contributed by atoms with Gasteiger partial charge in [0.05, 0.1) is 32.7 Å². The lowest BCUT2D eigenvalue weighted by Crippen LogP contribution is -2.37. The van der Waals surface area contributed by atoms with Crippen molar-refractivity contribution in [2.24, 2.45) is 4.99 Å². The van der Waals surface area contributed by atoms with Gasteiger partial charge in [-0.1, -0.05) is 0 Å². The van der Waals surface area contributed by atoms with Gasteiger partial charge < -0.3 is 24.8 Å². The van der Waals surface area contributed by atoms with E-state index in [1.807, 2.05) is 24.4 Å². The zero-order valence-electron chi connectivity index (χ0n) is 18.7. The van der Waals surface area contributed by atoms with E-state index in [2.05, 4.69) is 20.7 Å². The number of nitrogens with zero attached hydrogens (tertiary/aromatic N) is 3. The van der Waals surface area contributed by atoms with Crippen LogP contribution in [-0.2, 0) is 13.0 Å². The number of aromatic nitrogens is 2. The average Bonchev–Trinajstić information content (AvgIpc) is 3.29. The molecule has 32 heavy (non-hydrogen) atoms. The van der Waals surface area contributed by atoms with Crippen LogP contribution in [0.25, 0.3) is 5.69 Å². The third-order valence-corrected chi connectivity index (χ3v) is 4.82. The van der Waals surface area contributed by atoms with Crippen LogP contribution in [0.4, 0.5) is 4.39 Å². The number of rotatable bonds is 9. The molecule has 0 saturated heterocycles. The van der Waals surface area contributed by atoms with E-state index >= 15 is 0 Å². The van der Waals surface area contributed by atoms with Crippen LogP contribution in [0.5, 0.6) is 17.2 Å². The normalized spacial score (nSPS) is 11.2. The standard InChI is InChI=1S/C23H28FN5O3/c1-25-23(27-15-16-13-20(30-2)22(32-4)21(14-16)31-3)26-11-9-18-10-12-29(28-18)19-7-5-17(24)6-8-19/h5-8,10,12-14H,9,11,15H2,1-4H3,(H2,25,26,27). The highest BCUT2D eigenvalue weighted by atomic mass is 19.1. The second-order valence-corrected chi connectivity index (χ2v) is 6.86. The molecule has 2 aromatic carbocycles. The minimum absolute atomic E-state index is 0.268. The Balaban J connectivity index is 1.53. The molecule has 0 amide bonds. The summed E-state index contributed by atoms with van der Waals surface area (Å²) in [5, 5.41) is 11.1. The molecule has 0 aliphatic rings. The van der Waals surface area contributed by atoms with Crippen LogP contribution < -0.4 is 24.8 Å². The average molecular weight is 442 g/mol. The van der Waals surface area contributed by atoms with Crippen molar-refractivity contribution in [3.05, 3.63) is 65.7 Å². The van der Waals surface area contributed by atoms with E-state index < -0.39 is 0 Å². The van der Waals surface area contributed by atoms with E-state index in [1.54, 1.807) is 45.2 Å². The summed E-state index contributed by atoms with van der Waals surface area (Å²) in [6, 6.07) is 12.0. The molecule has 0 spiro atoms. The van der Waals surface area contributed by atoms with Crippen molar-refractivity contribution in [1.29, 1.82) is 0 Å². The third kappa shape index (κ3) is 5.69. The van der Waals surface area contributed by atoms with Crippen molar-refractivity contribution >= 4 is 5.96 Å². The number of aliphatic imine (C=N–C) groups is 1. The Kier molecular flexibility index (Phi) is 7.91. The van der Waals surface area contributed by atoms with Crippen molar-refractivity contribution in [2.45, 2.75) is 13.0 Å². The van der Waals surface area contributed by atoms with Crippen molar-refractivity contribution < 1.29 is 18.6 Å². The van der Waals surface area contributed by atoms with Crippen molar-refractivity contribution in [1.82, 2.24) is 20.4 Å². The molecule has 0 aliphatic heterocycles. The zero-order chi connectivity index (χ0) is 22.9. The van der Waals surface area contributed by atoms with E-state index in [0.717, 1.165) is 16.9 Å². The van der Waals surface area contributed by atoms with Gasteiger partial charge in [-0.2, -0.15) is 5.10 Å². The second-order valence-electron chi connectivity index (χ2n) is 6.86. The number of halogens is 1. The Hall–Kier alpha value is -3.75. The monoisotopic (exact) mass is 441 g/mol. The quantitative estimate of drug-likeness (QED) is 0.393. The molecule has 0 atom stereocenters. The zero-order valence-corrected chi connectivity index (χ0v) is 18.7. The molecule has 0 radical (unpaired) electrons. The molecule has 9 heteroatoms. The first kappa shape index (κ1) is 22.9. The Labute approximate surface area is 187 Å². The first-order valence-electron chi connectivity index (χ1n) is 10.1. The largest absolute Gasteiger partial charge is 0.493 e. The molecule has 0 aliphatic carbocycles. The summed E-state index contributed by atoms with van der Waals surface area (Å²) in [5.74, 6) is 2.15. The van der Waals surface area contributed by atoms with Gasteiger partial charge in [0.15, 0.2) is 17.5 Å². The number of hydrogen-bond acceptors (Lipinski definition) is 5. The van der Waals surface area contributed by atoms with Crippen LogP contribution in [0.3, 0.4) is 0 Å². The van der Waals surface area contributed by atoms with E-state index in [9.17, 15) is 4.39 Å². The van der Waals surface area contributed by atoms with Crippen LogP contribution in [0.1, 0.15) is 11.3 Å². The molecule has 0 fully saturated rings. The summed E-state index contributed by atoms with van der Waals surface area (Å²) < 4.78 is 31.0. The lowest BCUT2D eigenvalue weighted by molar-refractivity contribution is 0.323. The molecule has 170 valence electrons. The fourth-order valence-corrected chi connectivity index (χ4v) is 3.19. The molecule has 3 rings (SSSR count). The van der Waals surface area contributed by atoms with Gasteiger partial charge in [-0.25, -0.2) is 9.07 Å². The van der Waals surface area contributed by atoms with E-state index in [-0.39, 0.29) is 5.82 Å². The summed E-state index contributed by atoms with van der Waals surface area (Å²) in [4.78, 5) is 4.26. The highest BCUT2D eigenvalue weighted by Crippen LogP contribution is 2.38. The van der Waals surface area contributed by atoms with E-state index in [4.69, 9.17) is 14.2 Å². The molecule has 0 bridgehead atoms. The maximum absolute atomic E-state index is 13.1. The Morgan fingerprint density at radius 1 is 1.00 bits per heavy atom. The predicted octanol–water partition coefficient (Wildman–Crippen LogP) is 2.94. The first-order chi connectivity index (χ1) is 15.6. The number of ether oxygens (including phenoxy) is 3. The molecule has 1 heterocycles. The number of nitrogens with one attached hydrogen (secondary N) is 2. The van der Waals surface area contributed by atoms with Gasteiger partial charge in [0.1, 0.15) is 5.82 Å². The van der Waals surface area contributed by atoms with Crippen LogP contribution in [0, 0.1) is 5.82 Å². The highest BCUT2D eigenvalue weighted by molar-refractivity contribution is 5.79. The van der Waals surface area contributed by atoms with Crippen LogP contribution >= 0.6 is 0 Å². The molecule has 2 N–H and O–H groups in total. The summed E-state index contributed by atoms with van der Waals surface area (Å²) >= 11 is 0. The van der Waals surface area contributed by atoms with Crippen LogP contribution in [0.2, 0.25) is 0 Å². The summed E-state index contributed by atoms with van der Waals surface area (Å²) in [7, 11) is 6.47. The minimum Gasteiger partial charge on any atom is -0.493 e. The molecular formula is C23H28FN5O3. The van der Waals surface area contributed by atoms with Gasteiger partial charge in [-0.3, -0.25) is 4.99 Å². The van der Waals surface area contributed by atoms with Gasteiger partial charge in [0.25, 0.3) is 0 Å². The molecular weight excluding hydrogens is 413 g/mol. The summed E-state index contributed by atoms with van der Waals surface area (Å²) in [6.45, 7) is 1.17.